The molecule has 86 valence electrons. The fourth-order valence-electron chi connectivity index (χ4n) is 2.10. The van der Waals surface area contributed by atoms with Crippen LogP contribution in [-0.4, -0.2) is 10.8 Å². The molecule has 16 heavy (non-hydrogen) atoms. The Hall–Kier alpha value is -1.31. The molecular formula is C14H19NO. The molecular weight excluding hydrogens is 198 g/mol. The lowest BCUT2D eigenvalue weighted by Gasteiger charge is -2.11. The zero-order valence-corrected chi connectivity index (χ0v) is 10.4. The summed E-state index contributed by atoms with van der Waals surface area (Å²) in [4.78, 5) is 4.57. The van der Waals surface area contributed by atoms with Crippen molar-refractivity contribution in [3.05, 3.63) is 23.3 Å². The monoisotopic (exact) mass is 217 g/mol. The summed E-state index contributed by atoms with van der Waals surface area (Å²) in [5.74, 6) is 1.26. The quantitative estimate of drug-likeness (QED) is 0.803. The Morgan fingerprint density at radius 3 is 2.38 bits per heavy atom. The van der Waals surface area contributed by atoms with E-state index in [1.165, 1.54) is 5.71 Å². The van der Waals surface area contributed by atoms with E-state index in [1.54, 1.807) is 0 Å². The van der Waals surface area contributed by atoms with Gasteiger partial charge in [-0.05, 0) is 23.5 Å². The highest BCUT2D eigenvalue weighted by Gasteiger charge is 2.22. The molecule has 0 bridgehead atoms. The molecule has 0 fully saturated rings. The second-order valence-electron chi connectivity index (χ2n) is 5.09. The van der Waals surface area contributed by atoms with Gasteiger partial charge in [0.1, 0.15) is 5.75 Å². The lowest BCUT2D eigenvalue weighted by atomic mass is 9.95. The number of hydrogen-bond acceptors (Lipinski definition) is 2. The third-order valence-corrected chi connectivity index (χ3v) is 3.20. The van der Waals surface area contributed by atoms with Crippen molar-refractivity contribution in [3.8, 4) is 5.75 Å². The van der Waals surface area contributed by atoms with Crippen LogP contribution in [0.3, 0.4) is 0 Å². The van der Waals surface area contributed by atoms with Crippen LogP contribution in [0.1, 0.15) is 44.7 Å². The van der Waals surface area contributed by atoms with Crippen LogP contribution >= 0.6 is 0 Å². The number of phenols is 1. The largest absolute Gasteiger partial charge is 0.507 e. The number of phenolic OH excluding ortho intramolecular Hbond substituents is 1. The molecule has 2 heteroatoms. The smallest absolute Gasteiger partial charge is 0.124 e. The molecule has 1 aliphatic heterocycles. The first-order valence-electron chi connectivity index (χ1n) is 5.93. The van der Waals surface area contributed by atoms with Gasteiger partial charge in [0, 0.05) is 17.7 Å². The molecule has 0 amide bonds. The number of rotatable bonds is 2. The molecule has 1 heterocycles. The maximum atomic E-state index is 10.2. The van der Waals surface area contributed by atoms with Gasteiger partial charge in [-0.1, -0.05) is 33.8 Å². The minimum Gasteiger partial charge on any atom is -0.507 e. The molecule has 0 spiro atoms. The summed E-state index contributed by atoms with van der Waals surface area (Å²) in [6.07, 6.45) is 0.805. The van der Waals surface area contributed by atoms with Crippen molar-refractivity contribution in [3.63, 3.8) is 0 Å². The van der Waals surface area contributed by atoms with Crippen molar-refractivity contribution in [1.82, 2.24) is 0 Å². The van der Waals surface area contributed by atoms with Crippen LogP contribution in [-0.2, 0) is 6.42 Å². The topological polar surface area (TPSA) is 32.6 Å². The Labute approximate surface area is 97.0 Å². The Morgan fingerprint density at radius 2 is 1.81 bits per heavy atom. The van der Waals surface area contributed by atoms with Crippen molar-refractivity contribution in [2.45, 2.75) is 40.0 Å². The molecule has 1 aliphatic rings. The Balaban J connectivity index is 2.42. The molecule has 1 aromatic rings. The van der Waals surface area contributed by atoms with Gasteiger partial charge in [0.15, 0.2) is 0 Å². The van der Waals surface area contributed by atoms with E-state index in [0.29, 0.717) is 17.6 Å². The van der Waals surface area contributed by atoms with E-state index < -0.39 is 0 Å². The van der Waals surface area contributed by atoms with Crippen LogP contribution in [0.15, 0.2) is 17.1 Å². The van der Waals surface area contributed by atoms with Gasteiger partial charge in [-0.3, -0.25) is 4.99 Å². The standard InChI is InChI=1S/C14H19NO/c1-8(2)10-5-6-12-11(14(10)16)7-13(15-12)9(3)4/h5-6,8-9,16H,7H2,1-4H3. The van der Waals surface area contributed by atoms with Crippen LogP contribution in [0, 0.1) is 5.92 Å². The molecule has 1 aromatic carbocycles. The third-order valence-electron chi connectivity index (χ3n) is 3.20. The van der Waals surface area contributed by atoms with Gasteiger partial charge in [-0.25, -0.2) is 0 Å². The first-order valence-corrected chi connectivity index (χ1v) is 5.93. The summed E-state index contributed by atoms with van der Waals surface area (Å²) in [7, 11) is 0. The van der Waals surface area contributed by atoms with Gasteiger partial charge < -0.3 is 5.11 Å². The number of hydrogen-bond donors (Lipinski definition) is 1. The number of aromatic hydroxyl groups is 1. The lowest BCUT2D eigenvalue weighted by Crippen LogP contribution is -2.06. The Bertz CT molecular complexity index is 444. The first kappa shape index (κ1) is 11.2. The van der Waals surface area contributed by atoms with Crippen LogP contribution < -0.4 is 0 Å². The van der Waals surface area contributed by atoms with Crippen molar-refractivity contribution in [2.24, 2.45) is 10.9 Å². The lowest BCUT2D eigenvalue weighted by molar-refractivity contribution is 0.460. The molecule has 0 unspecified atom stereocenters. The SMILES string of the molecule is CC(C)C1=Nc2ccc(C(C)C)c(O)c2C1. The van der Waals surface area contributed by atoms with E-state index in [4.69, 9.17) is 0 Å². The van der Waals surface area contributed by atoms with Crippen molar-refractivity contribution in [2.75, 3.05) is 0 Å². The van der Waals surface area contributed by atoms with Gasteiger partial charge in [-0.2, -0.15) is 0 Å². The minimum atomic E-state index is 0.355. The third kappa shape index (κ3) is 1.73. The van der Waals surface area contributed by atoms with Crippen molar-refractivity contribution >= 4 is 11.4 Å². The second-order valence-corrected chi connectivity index (χ2v) is 5.09. The molecule has 2 nitrogen and oxygen atoms in total. The predicted octanol–water partition coefficient (Wildman–Crippen LogP) is 3.80. The maximum absolute atomic E-state index is 10.2. The highest BCUT2D eigenvalue weighted by atomic mass is 16.3. The van der Waals surface area contributed by atoms with Crippen LogP contribution in [0.5, 0.6) is 5.75 Å². The summed E-state index contributed by atoms with van der Waals surface area (Å²) in [5.41, 5.74) is 4.16. The molecule has 0 atom stereocenters. The van der Waals surface area contributed by atoms with Gasteiger partial charge >= 0.3 is 0 Å². The molecule has 0 saturated carbocycles. The van der Waals surface area contributed by atoms with Gasteiger partial charge in [0.05, 0.1) is 5.69 Å². The van der Waals surface area contributed by atoms with E-state index >= 15 is 0 Å². The normalized spacial score (nSPS) is 14.5. The van der Waals surface area contributed by atoms with Crippen LogP contribution in [0.25, 0.3) is 0 Å². The summed E-state index contributed by atoms with van der Waals surface area (Å²) in [6, 6.07) is 4.02. The second kappa shape index (κ2) is 3.93. The molecule has 0 aliphatic carbocycles. The Kier molecular flexibility index (Phi) is 2.75. The van der Waals surface area contributed by atoms with Crippen LogP contribution in [0.2, 0.25) is 0 Å². The van der Waals surface area contributed by atoms with E-state index in [0.717, 1.165) is 23.2 Å². The molecule has 0 aromatic heterocycles. The highest BCUT2D eigenvalue weighted by molar-refractivity contribution is 5.96. The number of fused-ring (bicyclic) bond motifs is 1. The van der Waals surface area contributed by atoms with Gasteiger partial charge in [0.25, 0.3) is 0 Å². The van der Waals surface area contributed by atoms with E-state index in [2.05, 4.69) is 32.7 Å². The zero-order valence-electron chi connectivity index (χ0n) is 10.4. The number of nitrogens with zero attached hydrogens (tertiary/aromatic N) is 1. The van der Waals surface area contributed by atoms with Crippen LogP contribution in [0.4, 0.5) is 5.69 Å². The number of benzene rings is 1. The molecule has 1 N–H and O–H groups in total. The van der Waals surface area contributed by atoms with Gasteiger partial charge in [-0.15, -0.1) is 0 Å². The fraction of sp³-hybridized carbons (Fsp3) is 0.500. The average molecular weight is 217 g/mol. The van der Waals surface area contributed by atoms with E-state index in [9.17, 15) is 5.11 Å². The Morgan fingerprint density at radius 1 is 1.12 bits per heavy atom. The summed E-state index contributed by atoms with van der Waals surface area (Å²) < 4.78 is 0. The molecule has 0 saturated heterocycles. The first-order chi connectivity index (χ1) is 7.50. The van der Waals surface area contributed by atoms with Crippen molar-refractivity contribution in [1.29, 1.82) is 0 Å². The zero-order chi connectivity index (χ0) is 11.9. The maximum Gasteiger partial charge on any atom is 0.124 e. The predicted molar refractivity (Wildman–Crippen MR) is 67.8 cm³/mol. The fourth-order valence-corrected chi connectivity index (χ4v) is 2.10. The minimum absolute atomic E-state index is 0.355. The van der Waals surface area contributed by atoms with Gasteiger partial charge in [0.2, 0.25) is 0 Å². The molecule has 2 rings (SSSR count). The molecule has 0 radical (unpaired) electrons. The van der Waals surface area contributed by atoms with Crippen molar-refractivity contribution < 1.29 is 5.11 Å². The number of aliphatic imine (C=N–C) groups is 1. The highest BCUT2D eigenvalue weighted by Crippen LogP contribution is 2.39. The average Bonchev–Trinajstić information content (AvgIpc) is 2.62. The summed E-state index contributed by atoms with van der Waals surface area (Å²) >= 11 is 0. The van der Waals surface area contributed by atoms with E-state index in [-0.39, 0.29) is 0 Å². The summed E-state index contributed by atoms with van der Waals surface area (Å²) in [5, 5.41) is 10.2. The summed E-state index contributed by atoms with van der Waals surface area (Å²) in [6.45, 7) is 8.48. The van der Waals surface area contributed by atoms with E-state index in [1.807, 2.05) is 12.1 Å².